The van der Waals surface area contributed by atoms with E-state index >= 15 is 0 Å². The predicted molar refractivity (Wildman–Crippen MR) is 75.5 cm³/mol. The molecule has 0 spiro atoms. The van der Waals surface area contributed by atoms with Crippen LogP contribution in [0.15, 0.2) is 34.7 Å². The highest BCUT2D eigenvalue weighted by atomic mass is 16.5. The van der Waals surface area contributed by atoms with E-state index in [1.807, 2.05) is 36.2 Å². The van der Waals surface area contributed by atoms with Crippen LogP contribution in [0.1, 0.15) is 21.9 Å². The summed E-state index contributed by atoms with van der Waals surface area (Å²) >= 11 is 0. The maximum absolute atomic E-state index is 11.0. The lowest BCUT2D eigenvalue weighted by molar-refractivity contribution is 0.0695. The Morgan fingerprint density at radius 1 is 1.40 bits per heavy atom. The van der Waals surface area contributed by atoms with Crippen LogP contribution in [0.25, 0.3) is 0 Å². The summed E-state index contributed by atoms with van der Waals surface area (Å²) in [6.45, 7) is 2.12. The molecule has 0 amide bonds. The maximum Gasteiger partial charge on any atom is 0.339 e. The van der Waals surface area contributed by atoms with Crippen LogP contribution >= 0.6 is 0 Å². The molecule has 5 heteroatoms. The smallest absolute Gasteiger partial charge is 0.339 e. The van der Waals surface area contributed by atoms with Crippen molar-refractivity contribution in [1.29, 1.82) is 0 Å². The van der Waals surface area contributed by atoms with E-state index in [1.54, 1.807) is 20.1 Å². The minimum atomic E-state index is -0.975. The van der Waals surface area contributed by atoms with Crippen LogP contribution in [0, 0.1) is 6.92 Å². The SMILES string of the molecule is COc1ccccc1N(C)Cc1cc(C(=O)O)c(C)o1. The zero-order valence-corrected chi connectivity index (χ0v) is 11.7. The Balaban J connectivity index is 2.21. The lowest BCUT2D eigenvalue weighted by atomic mass is 10.2. The van der Waals surface area contributed by atoms with Gasteiger partial charge in [-0.1, -0.05) is 12.1 Å². The molecule has 106 valence electrons. The number of furan rings is 1. The van der Waals surface area contributed by atoms with E-state index < -0.39 is 5.97 Å². The number of rotatable bonds is 5. The summed E-state index contributed by atoms with van der Waals surface area (Å²) in [5.74, 6) is 0.809. The molecule has 0 aliphatic carbocycles. The summed E-state index contributed by atoms with van der Waals surface area (Å²) in [4.78, 5) is 12.9. The number of anilines is 1. The average Bonchev–Trinajstić information content (AvgIpc) is 2.79. The third-order valence-electron chi connectivity index (χ3n) is 3.09. The largest absolute Gasteiger partial charge is 0.495 e. The van der Waals surface area contributed by atoms with Crippen molar-refractivity contribution in [1.82, 2.24) is 0 Å². The third kappa shape index (κ3) is 2.77. The molecule has 2 aromatic rings. The number of benzene rings is 1. The first-order chi connectivity index (χ1) is 9.52. The lowest BCUT2D eigenvalue weighted by Crippen LogP contribution is -2.16. The van der Waals surface area contributed by atoms with Gasteiger partial charge in [0.2, 0.25) is 0 Å². The molecule has 0 radical (unpaired) electrons. The monoisotopic (exact) mass is 275 g/mol. The Kier molecular flexibility index (Phi) is 3.98. The van der Waals surface area contributed by atoms with Gasteiger partial charge in [0.25, 0.3) is 0 Å². The molecule has 1 heterocycles. The number of hydrogen-bond donors (Lipinski definition) is 1. The zero-order chi connectivity index (χ0) is 14.7. The normalized spacial score (nSPS) is 10.3. The molecular weight excluding hydrogens is 258 g/mol. The molecule has 0 saturated carbocycles. The quantitative estimate of drug-likeness (QED) is 0.909. The number of nitrogens with zero attached hydrogens (tertiary/aromatic N) is 1. The summed E-state index contributed by atoms with van der Waals surface area (Å²) in [7, 11) is 3.52. The van der Waals surface area contributed by atoms with Gasteiger partial charge in [0, 0.05) is 7.05 Å². The Morgan fingerprint density at radius 3 is 2.70 bits per heavy atom. The molecule has 0 saturated heterocycles. The van der Waals surface area contributed by atoms with Crippen molar-refractivity contribution >= 4 is 11.7 Å². The molecule has 0 unspecified atom stereocenters. The number of methoxy groups -OCH3 is 1. The Bertz CT molecular complexity index is 618. The van der Waals surface area contributed by atoms with Gasteiger partial charge < -0.3 is 19.2 Å². The summed E-state index contributed by atoms with van der Waals surface area (Å²) in [5, 5.41) is 9.02. The molecule has 1 aromatic heterocycles. The van der Waals surface area contributed by atoms with Crippen molar-refractivity contribution in [3.8, 4) is 5.75 Å². The van der Waals surface area contributed by atoms with E-state index in [0.29, 0.717) is 18.1 Å². The first-order valence-electron chi connectivity index (χ1n) is 6.19. The van der Waals surface area contributed by atoms with Gasteiger partial charge >= 0.3 is 5.97 Å². The average molecular weight is 275 g/mol. The van der Waals surface area contributed by atoms with E-state index in [0.717, 1.165) is 11.4 Å². The van der Waals surface area contributed by atoms with Crippen molar-refractivity contribution in [2.45, 2.75) is 13.5 Å². The van der Waals surface area contributed by atoms with Gasteiger partial charge in [-0.25, -0.2) is 4.79 Å². The van der Waals surface area contributed by atoms with Gasteiger partial charge in [0.15, 0.2) is 0 Å². The summed E-state index contributed by atoms with van der Waals surface area (Å²) in [5.41, 5.74) is 1.12. The molecule has 0 fully saturated rings. The molecule has 0 aliphatic heterocycles. The number of aryl methyl sites for hydroxylation is 1. The standard InChI is InChI=1S/C15H17NO4/c1-10-12(15(17)18)8-11(20-10)9-16(2)13-6-4-5-7-14(13)19-3/h4-8H,9H2,1-3H3,(H,17,18). The molecule has 5 nitrogen and oxygen atoms in total. The van der Waals surface area contributed by atoms with Gasteiger partial charge in [-0.3, -0.25) is 0 Å². The van der Waals surface area contributed by atoms with Gasteiger partial charge in [-0.2, -0.15) is 0 Å². The van der Waals surface area contributed by atoms with Crippen molar-refractivity contribution in [3.05, 3.63) is 47.4 Å². The van der Waals surface area contributed by atoms with Crippen molar-refractivity contribution < 1.29 is 19.1 Å². The Hall–Kier alpha value is -2.43. The van der Waals surface area contributed by atoms with Crippen LogP contribution in [0.2, 0.25) is 0 Å². The molecule has 1 aromatic carbocycles. The van der Waals surface area contributed by atoms with Crippen LogP contribution in [0.4, 0.5) is 5.69 Å². The van der Waals surface area contributed by atoms with Crippen LogP contribution in [0.5, 0.6) is 5.75 Å². The highest BCUT2D eigenvalue weighted by Crippen LogP contribution is 2.28. The minimum Gasteiger partial charge on any atom is -0.495 e. The molecular formula is C15H17NO4. The van der Waals surface area contributed by atoms with E-state index in [2.05, 4.69) is 0 Å². The Morgan fingerprint density at radius 2 is 2.10 bits per heavy atom. The van der Waals surface area contributed by atoms with E-state index in [1.165, 1.54) is 0 Å². The van der Waals surface area contributed by atoms with Gasteiger partial charge in [-0.15, -0.1) is 0 Å². The summed E-state index contributed by atoms with van der Waals surface area (Å²) in [6.07, 6.45) is 0. The third-order valence-corrected chi connectivity index (χ3v) is 3.09. The number of carboxylic acid groups (broad SMARTS) is 1. The number of hydrogen-bond acceptors (Lipinski definition) is 4. The molecule has 0 aliphatic rings. The van der Waals surface area contributed by atoms with Gasteiger partial charge in [0.05, 0.1) is 19.3 Å². The summed E-state index contributed by atoms with van der Waals surface area (Å²) < 4.78 is 10.8. The number of carboxylic acids is 1. The van der Waals surface area contributed by atoms with Gasteiger partial charge in [0.1, 0.15) is 22.8 Å². The predicted octanol–water partition coefficient (Wildman–Crippen LogP) is 2.93. The number of para-hydroxylation sites is 2. The second-order valence-electron chi connectivity index (χ2n) is 4.52. The molecule has 2 rings (SSSR count). The van der Waals surface area contributed by atoms with E-state index in [-0.39, 0.29) is 5.56 Å². The fourth-order valence-corrected chi connectivity index (χ4v) is 2.10. The first kappa shape index (κ1) is 14.0. The second kappa shape index (κ2) is 5.69. The summed E-state index contributed by atoms with van der Waals surface area (Å²) in [6, 6.07) is 9.19. The lowest BCUT2D eigenvalue weighted by Gasteiger charge is -2.20. The van der Waals surface area contributed by atoms with Crippen molar-refractivity contribution in [2.24, 2.45) is 0 Å². The van der Waals surface area contributed by atoms with Crippen LogP contribution in [0.3, 0.4) is 0 Å². The minimum absolute atomic E-state index is 0.202. The van der Waals surface area contributed by atoms with E-state index in [9.17, 15) is 4.79 Å². The highest BCUT2D eigenvalue weighted by Gasteiger charge is 2.16. The number of ether oxygens (including phenoxy) is 1. The molecule has 1 N–H and O–H groups in total. The topological polar surface area (TPSA) is 62.9 Å². The number of carbonyl (C=O) groups is 1. The number of aromatic carboxylic acids is 1. The van der Waals surface area contributed by atoms with Crippen LogP contribution < -0.4 is 9.64 Å². The molecule has 0 atom stereocenters. The maximum atomic E-state index is 11.0. The second-order valence-corrected chi connectivity index (χ2v) is 4.52. The fourth-order valence-electron chi connectivity index (χ4n) is 2.10. The van der Waals surface area contributed by atoms with Crippen molar-refractivity contribution in [2.75, 3.05) is 19.1 Å². The van der Waals surface area contributed by atoms with Crippen molar-refractivity contribution in [3.63, 3.8) is 0 Å². The van der Waals surface area contributed by atoms with Crippen LogP contribution in [-0.2, 0) is 6.54 Å². The highest BCUT2D eigenvalue weighted by molar-refractivity contribution is 5.88. The fraction of sp³-hybridized carbons (Fsp3) is 0.267. The van der Waals surface area contributed by atoms with E-state index in [4.69, 9.17) is 14.3 Å². The van der Waals surface area contributed by atoms with Crippen LogP contribution in [-0.4, -0.2) is 25.2 Å². The molecule has 20 heavy (non-hydrogen) atoms. The Labute approximate surface area is 117 Å². The zero-order valence-electron chi connectivity index (χ0n) is 11.7. The molecule has 0 bridgehead atoms. The first-order valence-corrected chi connectivity index (χ1v) is 6.19. The van der Waals surface area contributed by atoms with Gasteiger partial charge in [-0.05, 0) is 25.1 Å².